The Bertz CT molecular complexity index is 687. The summed E-state index contributed by atoms with van der Waals surface area (Å²) < 4.78 is 5.13. The standard InChI is InChI=1S/C13H15N5O4/c1-13(2,3)22-12(21)14-8-4-6-9(7-5-8)18-16-10(11(19)20)15-17-18/h4-7H,1-3H3,(H,14,21)(H,19,20). The lowest BCUT2D eigenvalue weighted by atomic mass is 10.2. The van der Waals surface area contributed by atoms with Crippen molar-refractivity contribution >= 4 is 17.7 Å². The molecule has 0 saturated heterocycles. The topological polar surface area (TPSA) is 119 Å². The fraction of sp³-hybridized carbons (Fsp3) is 0.308. The van der Waals surface area contributed by atoms with Crippen molar-refractivity contribution < 1.29 is 19.4 Å². The van der Waals surface area contributed by atoms with Gasteiger partial charge in [0.25, 0.3) is 5.82 Å². The zero-order chi connectivity index (χ0) is 16.3. The smallest absolute Gasteiger partial charge is 0.412 e. The first kappa shape index (κ1) is 15.4. The summed E-state index contributed by atoms with van der Waals surface area (Å²) in [6.07, 6.45) is -0.563. The van der Waals surface area contributed by atoms with E-state index in [1.54, 1.807) is 45.0 Å². The van der Waals surface area contributed by atoms with Crippen molar-refractivity contribution in [3.05, 3.63) is 30.1 Å². The Labute approximate surface area is 125 Å². The summed E-state index contributed by atoms with van der Waals surface area (Å²) >= 11 is 0. The van der Waals surface area contributed by atoms with Crippen molar-refractivity contribution in [2.45, 2.75) is 26.4 Å². The molecule has 9 nitrogen and oxygen atoms in total. The Morgan fingerprint density at radius 1 is 1.23 bits per heavy atom. The number of carbonyl (C=O) groups is 2. The van der Waals surface area contributed by atoms with Gasteiger partial charge < -0.3 is 9.84 Å². The fourth-order valence-electron chi connectivity index (χ4n) is 1.51. The third-order valence-corrected chi connectivity index (χ3v) is 2.35. The van der Waals surface area contributed by atoms with E-state index in [2.05, 4.69) is 20.7 Å². The zero-order valence-electron chi connectivity index (χ0n) is 12.3. The van der Waals surface area contributed by atoms with Crippen LogP contribution in [0.5, 0.6) is 0 Å². The summed E-state index contributed by atoms with van der Waals surface area (Å²) in [6.45, 7) is 5.31. The minimum absolute atomic E-state index is 0.393. The summed E-state index contributed by atoms with van der Waals surface area (Å²) in [4.78, 5) is 23.4. The highest BCUT2D eigenvalue weighted by atomic mass is 16.6. The van der Waals surface area contributed by atoms with Gasteiger partial charge in [-0.3, -0.25) is 5.32 Å². The minimum atomic E-state index is -1.26. The zero-order valence-corrected chi connectivity index (χ0v) is 12.3. The van der Waals surface area contributed by atoms with Gasteiger partial charge in [-0.05, 0) is 50.3 Å². The number of benzene rings is 1. The van der Waals surface area contributed by atoms with E-state index in [4.69, 9.17) is 9.84 Å². The highest BCUT2D eigenvalue weighted by Crippen LogP contribution is 2.14. The summed E-state index contributed by atoms with van der Waals surface area (Å²) in [7, 11) is 0. The van der Waals surface area contributed by atoms with Gasteiger partial charge in [-0.2, -0.15) is 0 Å². The number of carbonyl (C=O) groups excluding carboxylic acids is 1. The van der Waals surface area contributed by atoms with Crippen molar-refractivity contribution in [3.8, 4) is 5.69 Å². The fourth-order valence-corrected chi connectivity index (χ4v) is 1.51. The van der Waals surface area contributed by atoms with Crippen LogP contribution in [0.2, 0.25) is 0 Å². The van der Waals surface area contributed by atoms with E-state index >= 15 is 0 Å². The first-order valence-corrected chi connectivity index (χ1v) is 6.38. The third-order valence-electron chi connectivity index (χ3n) is 2.35. The monoisotopic (exact) mass is 305 g/mol. The molecule has 0 spiro atoms. The average molecular weight is 305 g/mol. The second-order valence-electron chi connectivity index (χ2n) is 5.38. The van der Waals surface area contributed by atoms with Crippen LogP contribution in [0.15, 0.2) is 24.3 Å². The number of hydrogen-bond donors (Lipinski definition) is 2. The molecule has 0 radical (unpaired) electrons. The third kappa shape index (κ3) is 4.01. The van der Waals surface area contributed by atoms with E-state index in [0.29, 0.717) is 11.4 Å². The van der Waals surface area contributed by atoms with Gasteiger partial charge in [0.2, 0.25) is 0 Å². The average Bonchev–Trinajstić information content (AvgIpc) is 2.87. The Balaban J connectivity index is 2.06. The molecule has 0 aliphatic carbocycles. The number of ether oxygens (including phenoxy) is 1. The number of anilines is 1. The van der Waals surface area contributed by atoms with Gasteiger partial charge >= 0.3 is 12.1 Å². The second-order valence-corrected chi connectivity index (χ2v) is 5.38. The van der Waals surface area contributed by atoms with Crippen LogP contribution in [0.1, 0.15) is 31.4 Å². The van der Waals surface area contributed by atoms with E-state index in [9.17, 15) is 9.59 Å². The Kier molecular flexibility index (Phi) is 4.06. The molecule has 1 amide bonds. The molecule has 0 fully saturated rings. The van der Waals surface area contributed by atoms with Crippen LogP contribution < -0.4 is 5.32 Å². The quantitative estimate of drug-likeness (QED) is 0.885. The summed E-state index contributed by atoms with van der Waals surface area (Å²) in [5.41, 5.74) is 0.452. The van der Waals surface area contributed by atoms with Crippen LogP contribution in [0.3, 0.4) is 0 Å². The van der Waals surface area contributed by atoms with Crippen LogP contribution >= 0.6 is 0 Å². The van der Waals surface area contributed by atoms with Gasteiger partial charge in [-0.25, -0.2) is 9.59 Å². The molecule has 116 valence electrons. The molecule has 22 heavy (non-hydrogen) atoms. The molecule has 1 aromatic carbocycles. The van der Waals surface area contributed by atoms with Gasteiger partial charge in [-0.1, -0.05) is 0 Å². The minimum Gasteiger partial charge on any atom is -0.475 e. The maximum absolute atomic E-state index is 11.6. The van der Waals surface area contributed by atoms with Crippen LogP contribution in [0, 0.1) is 0 Å². The normalized spacial score (nSPS) is 11.0. The molecule has 0 atom stereocenters. The summed E-state index contributed by atoms with van der Waals surface area (Å²) in [5.74, 6) is -1.65. The van der Waals surface area contributed by atoms with Crippen molar-refractivity contribution in [2.24, 2.45) is 0 Å². The van der Waals surface area contributed by atoms with Gasteiger partial charge in [0.1, 0.15) is 5.60 Å². The molecule has 0 saturated carbocycles. The van der Waals surface area contributed by atoms with Gasteiger partial charge in [0.05, 0.1) is 5.69 Å². The van der Waals surface area contributed by atoms with Crippen molar-refractivity contribution in [2.75, 3.05) is 5.32 Å². The molecule has 2 N–H and O–H groups in total. The number of aromatic carboxylic acids is 1. The lowest BCUT2D eigenvalue weighted by molar-refractivity contribution is 0.0633. The largest absolute Gasteiger partial charge is 0.475 e. The van der Waals surface area contributed by atoms with Gasteiger partial charge in [0.15, 0.2) is 0 Å². The number of tetrazole rings is 1. The maximum Gasteiger partial charge on any atom is 0.412 e. The lowest BCUT2D eigenvalue weighted by Crippen LogP contribution is -2.27. The molecular weight excluding hydrogens is 290 g/mol. The second kappa shape index (κ2) is 5.80. The predicted molar refractivity (Wildman–Crippen MR) is 76.0 cm³/mol. The van der Waals surface area contributed by atoms with Crippen LogP contribution in [0.4, 0.5) is 10.5 Å². The summed E-state index contributed by atoms with van der Waals surface area (Å²) in [5, 5.41) is 22.0. The maximum atomic E-state index is 11.6. The summed E-state index contributed by atoms with van der Waals surface area (Å²) in [6, 6.07) is 6.45. The molecule has 2 rings (SSSR count). The first-order valence-electron chi connectivity index (χ1n) is 6.38. The van der Waals surface area contributed by atoms with Crippen LogP contribution in [-0.2, 0) is 4.74 Å². The molecule has 9 heteroatoms. The number of carboxylic acid groups (broad SMARTS) is 1. The van der Waals surface area contributed by atoms with Crippen LogP contribution in [-0.4, -0.2) is 43.0 Å². The Hall–Kier alpha value is -2.97. The first-order chi connectivity index (χ1) is 10.2. The predicted octanol–water partition coefficient (Wildman–Crippen LogP) is 1.71. The number of nitrogens with one attached hydrogen (secondary N) is 1. The number of aromatic nitrogens is 4. The molecular formula is C13H15N5O4. The molecule has 0 aliphatic rings. The number of rotatable bonds is 3. The highest BCUT2D eigenvalue weighted by molar-refractivity contribution is 5.85. The van der Waals surface area contributed by atoms with E-state index in [1.165, 1.54) is 0 Å². The molecule has 0 aliphatic heterocycles. The molecule has 1 aromatic heterocycles. The van der Waals surface area contributed by atoms with E-state index in [0.717, 1.165) is 4.80 Å². The molecule has 2 aromatic rings. The van der Waals surface area contributed by atoms with E-state index in [-0.39, 0.29) is 0 Å². The SMILES string of the molecule is CC(C)(C)OC(=O)Nc1ccc(-n2nnc(C(=O)O)n2)cc1. The molecule has 1 heterocycles. The lowest BCUT2D eigenvalue weighted by Gasteiger charge is -2.19. The van der Waals surface area contributed by atoms with E-state index < -0.39 is 23.5 Å². The van der Waals surface area contributed by atoms with E-state index in [1.807, 2.05) is 0 Å². The van der Waals surface area contributed by atoms with Gasteiger partial charge in [0, 0.05) is 5.69 Å². The Morgan fingerprint density at radius 2 is 1.86 bits per heavy atom. The van der Waals surface area contributed by atoms with Gasteiger partial charge in [-0.15, -0.1) is 15.0 Å². The van der Waals surface area contributed by atoms with Crippen molar-refractivity contribution in [1.29, 1.82) is 0 Å². The highest BCUT2D eigenvalue weighted by Gasteiger charge is 2.16. The Morgan fingerprint density at radius 3 is 2.36 bits per heavy atom. The van der Waals surface area contributed by atoms with Crippen molar-refractivity contribution in [1.82, 2.24) is 20.2 Å². The number of amides is 1. The molecule has 0 bridgehead atoms. The number of hydrogen-bond acceptors (Lipinski definition) is 6. The van der Waals surface area contributed by atoms with Crippen LogP contribution in [0.25, 0.3) is 5.69 Å². The number of nitrogens with zero attached hydrogens (tertiary/aromatic N) is 4. The molecule has 0 unspecified atom stereocenters. The van der Waals surface area contributed by atoms with Crippen molar-refractivity contribution in [3.63, 3.8) is 0 Å². The number of carboxylic acids is 1.